The summed E-state index contributed by atoms with van der Waals surface area (Å²) in [7, 11) is -3.83. The van der Waals surface area contributed by atoms with E-state index in [1.165, 1.54) is 5.56 Å². The van der Waals surface area contributed by atoms with Gasteiger partial charge in [0.05, 0.1) is 21.2 Å². The number of carbonyl (C=O) groups is 1. The summed E-state index contributed by atoms with van der Waals surface area (Å²) in [6.07, 6.45) is -0.0614. The first-order chi connectivity index (χ1) is 18.3. The summed E-state index contributed by atoms with van der Waals surface area (Å²) in [4.78, 5) is 17.9. The first-order valence-corrected chi connectivity index (χ1v) is 14.5. The number of anilines is 1. The third kappa shape index (κ3) is 5.99. The highest BCUT2D eigenvalue weighted by molar-refractivity contribution is 7.89. The van der Waals surface area contributed by atoms with Crippen molar-refractivity contribution in [1.82, 2.24) is 9.71 Å². The van der Waals surface area contributed by atoms with Crippen LogP contribution < -0.4 is 10.0 Å². The van der Waals surface area contributed by atoms with E-state index in [1.807, 2.05) is 73.7 Å². The summed E-state index contributed by atoms with van der Waals surface area (Å²) in [5.41, 5.74) is 5.43. The van der Waals surface area contributed by atoms with Gasteiger partial charge in [-0.25, -0.2) is 18.1 Å². The molecule has 38 heavy (non-hydrogen) atoms. The summed E-state index contributed by atoms with van der Waals surface area (Å²) >= 11 is 1.63. The van der Waals surface area contributed by atoms with E-state index >= 15 is 0 Å². The monoisotopic (exact) mass is 541 g/mol. The van der Waals surface area contributed by atoms with Gasteiger partial charge in [-0.3, -0.25) is 4.79 Å². The van der Waals surface area contributed by atoms with Gasteiger partial charge in [0.25, 0.3) is 0 Å². The number of carbonyl (C=O) groups excluding carboxylic acids is 1. The van der Waals surface area contributed by atoms with Gasteiger partial charge in [-0.1, -0.05) is 54.1 Å². The van der Waals surface area contributed by atoms with E-state index < -0.39 is 16.1 Å². The number of sulfonamides is 1. The number of amides is 1. The lowest BCUT2D eigenvalue weighted by Crippen LogP contribution is -2.31. The Hall–Kier alpha value is -3.85. The van der Waals surface area contributed by atoms with Crippen molar-refractivity contribution in [3.8, 4) is 10.6 Å². The third-order valence-electron chi connectivity index (χ3n) is 6.18. The fourth-order valence-electron chi connectivity index (χ4n) is 4.13. The molecule has 0 aliphatic heterocycles. The standard InChI is InChI=1S/C30H27N3O3S2/c1-20-8-15-25(16-9-20)38(35,36)33-27(22-6-4-3-5-7-22)19-29(34)31-24-13-11-23(12-14-24)30-32-26-17-10-21(2)18-28(26)37-30/h3-18,27,33H,19H2,1-2H3,(H,31,34)/t27-/m0/s1. The topological polar surface area (TPSA) is 88.2 Å². The van der Waals surface area contributed by atoms with Gasteiger partial charge >= 0.3 is 0 Å². The first kappa shape index (κ1) is 25.8. The largest absolute Gasteiger partial charge is 0.326 e. The van der Waals surface area contributed by atoms with Crippen molar-refractivity contribution in [2.24, 2.45) is 0 Å². The van der Waals surface area contributed by atoms with E-state index in [4.69, 9.17) is 4.98 Å². The molecule has 1 atom stereocenters. The van der Waals surface area contributed by atoms with Crippen LogP contribution in [0.5, 0.6) is 0 Å². The van der Waals surface area contributed by atoms with Crippen LogP contribution in [0.15, 0.2) is 102 Å². The highest BCUT2D eigenvalue weighted by Gasteiger charge is 2.24. The number of fused-ring (bicyclic) bond motifs is 1. The molecule has 2 N–H and O–H groups in total. The Morgan fingerprint density at radius 2 is 1.55 bits per heavy atom. The second-order valence-electron chi connectivity index (χ2n) is 9.22. The molecule has 1 aromatic heterocycles. The number of aryl methyl sites for hydroxylation is 2. The molecule has 0 radical (unpaired) electrons. The molecule has 0 aliphatic rings. The molecule has 0 unspecified atom stereocenters. The summed E-state index contributed by atoms with van der Waals surface area (Å²) in [6.45, 7) is 3.96. The van der Waals surface area contributed by atoms with Crippen LogP contribution >= 0.6 is 11.3 Å². The van der Waals surface area contributed by atoms with Crippen LogP contribution in [0.4, 0.5) is 5.69 Å². The average Bonchev–Trinajstić information content (AvgIpc) is 3.32. The lowest BCUT2D eigenvalue weighted by Gasteiger charge is -2.19. The molecule has 192 valence electrons. The molecule has 0 spiro atoms. The van der Waals surface area contributed by atoms with E-state index in [0.29, 0.717) is 11.3 Å². The normalized spacial score (nSPS) is 12.4. The Bertz CT molecular complexity index is 1680. The molecule has 1 amide bonds. The lowest BCUT2D eigenvalue weighted by atomic mass is 10.0. The van der Waals surface area contributed by atoms with Gasteiger partial charge in [0.15, 0.2) is 0 Å². The predicted molar refractivity (Wildman–Crippen MR) is 154 cm³/mol. The van der Waals surface area contributed by atoms with Gasteiger partial charge < -0.3 is 5.32 Å². The second-order valence-corrected chi connectivity index (χ2v) is 12.0. The maximum Gasteiger partial charge on any atom is 0.241 e. The van der Waals surface area contributed by atoms with Crippen LogP contribution in [-0.4, -0.2) is 19.3 Å². The molecule has 1 heterocycles. The molecular weight excluding hydrogens is 514 g/mol. The summed E-state index contributed by atoms with van der Waals surface area (Å²) in [5.74, 6) is -0.298. The van der Waals surface area contributed by atoms with Gasteiger partial charge in [-0.2, -0.15) is 0 Å². The maximum absolute atomic E-state index is 13.1. The summed E-state index contributed by atoms with van der Waals surface area (Å²) in [6, 6.07) is 28.7. The van der Waals surface area contributed by atoms with Crippen LogP contribution in [0.2, 0.25) is 0 Å². The van der Waals surface area contributed by atoms with E-state index in [9.17, 15) is 13.2 Å². The van der Waals surface area contributed by atoms with Gasteiger partial charge in [0, 0.05) is 17.7 Å². The van der Waals surface area contributed by atoms with Gasteiger partial charge in [0.2, 0.25) is 15.9 Å². The molecule has 8 heteroatoms. The van der Waals surface area contributed by atoms with Crippen molar-refractivity contribution < 1.29 is 13.2 Å². The molecule has 6 nitrogen and oxygen atoms in total. The Balaban J connectivity index is 1.30. The highest BCUT2D eigenvalue weighted by atomic mass is 32.2. The molecule has 5 rings (SSSR count). The average molecular weight is 542 g/mol. The van der Waals surface area contributed by atoms with Gasteiger partial charge in [0.1, 0.15) is 5.01 Å². The van der Waals surface area contributed by atoms with E-state index in [-0.39, 0.29) is 17.2 Å². The van der Waals surface area contributed by atoms with E-state index in [0.717, 1.165) is 26.4 Å². The number of benzene rings is 4. The maximum atomic E-state index is 13.1. The van der Waals surface area contributed by atoms with E-state index in [1.54, 1.807) is 35.6 Å². The quantitative estimate of drug-likeness (QED) is 0.231. The number of rotatable bonds is 8. The zero-order chi connectivity index (χ0) is 26.7. The first-order valence-electron chi connectivity index (χ1n) is 12.2. The molecule has 0 fully saturated rings. The SMILES string of the molecule is Cc1ccc(S(=O)(=O)N[C@@H](CC(=O)Nc2ccc(-c3nc4ccc(C)cc4s3)cc2)c2ccccc2)cc1. The van der Waals surface area contributed by atoms with Crippen molar-refractivity contribution in [2.45, 2.75) is 31.2 Å². The molecule has 0 saturated heterocycles. The fraction of sp³-hybridized carbons (Fsp3) is 0.133. The Labute approximate surface area is 226 Å². The second kappa shape index (κ2) is 10.9. The lowest BCUT2D eigenvalue weighted by molar-refractivity contribution is -0.116. The molecule has 0 saturated carbocycles. The molecule has 0 bridgehead atoms. The highest BCUT2D eigenvalue weighted by Crippen LogP contribution is 2.31. The van der Waals surface area contributed by atoms with Crippen molar-refractivity contribution in [1.29, 1.82) is 0 Å². The number of aromatic nitrogens is 1. The van der Waals surface area contributed by atoms with Gasteiger partial charge in [-0.05, 0) is 73.5 Å². The Morgan fingerprint density at radius 3 is 2.26 bits per heavy atom. The van der Waals surface area contributed by atoms with Crippen molar-refractivity contribution >= 4 is 43.2 Å². The van der Waals surface area contributed by atoms with Crippen LogP contribution in [-0.2, 0) is 14.8 Å². The zero-order valence-corrected chi connectivity index (χ0v) is 22.6. The number of nitrogens with zero attached hydrogens (tertiary/aromatic N) is 1. The summed E-state index contributed by atoms with van der Waals surface area (Å²) in [5, 5.41) is 3.81. The smallest absolute Gasteiger partial charge is 0.241 e. The fourth-order valence-corrected chi connectivity index (χ4v) is 6.43. The van der Waals surface area contributed by atoms with Crippen LogP contribution in [0.25, 0.3) is 20.8 Å². The number of nitrogens with one attached hydrogen (secondary N) is 2. The van der Waals surface area contributed by atoms with Crippen LogP contribution in [0.3, 0.4) is 0 Å². The van der Waals surface area contributed by atoms with Crippen molar-refractivity contribution in [3.63, 3.8) is 0 Å². The molecule has 5 aromatic rings. The minimum absolute atomic E-state index is 0.0614. The zero-order valence-electron chi connectivity index (χ0n) is 21.0. The molecule has 0 aliphatic carbocycles. The van der Waals surface area contributed by atoms with Gasteiger partial charge in [-0.15, -0.1) is 11.3 Å². The molecule has 4 aromatic carbocycles. The van der Waals surface area contributed by atoms with Crippen LogP contribution in [0, 0.1) is 13.8 Å². The number of hydrogen-bond donors (Lipinski definition) is 2. The van der Waals surface area contributed by atoms with E-state index in [2.05, 4.69) is 23.0 Å². The van der Waals surface area contributed by atoms with Crippen molar-refractivity contribution in [3.05, 3.63) is 114 Å². The number of hydrogen-bond acceptors (Lipinski definition) is 5. The number of thiazole rings is 1. The third-order valence-corrected chi connectivity index (χ3v) is 8.73. The minimum Gasteiger partial charge on any atom is -0.326 e. The minimum atomic E-state index is -3.83. The molecular formula is C30H27N3O3S2. The van der Waals surface area contributed by atoms with Crippen LogP contribution in [0.1, 0.15) is 29.2 Å². The van der Waals surface area contributed by atoms with Crippen molar-refractivity contribution in [2.75, 3.05) is 5.32 Å². The summed E-state index contributed by atoms with van der Waals surface area (Å²) < 4.78 is 30.0. The Morgan fingerprint density at radius 1 is 0.868 bits per heavy atom. The Kier molecular flexibility index (Phi) is 7.37. The predicted octanol–water partition coefficient (Wildman–Crippen LogP) is 6.63.